The highest BCUT2D eigenvalue weighted by Crippen LogP contribution is 2.41. The Bertz CT molecular complexity index is 1770. The molecular weight excluding hydrogens is 616 g/mol. The first kappa shape index (κ1) is 33.2. The average Bonchev–Trinajstić information content (AvgIpc) is 3.43. The number of fused-ring (bicyclic) bond motifs is 8. The fourth-order valence-corrected chi connectivity index (χ4v) is 6.91. The van der Waals surface area contributed by atoms with E-state index in [4.69, 9.17) is 35.9 Å². The molecule has 0 unspecified atom stereocenters. The van der Waals surface area contributed by atoms with Gasteiger partial charge in [-0.15, -0.1) is 0 Å². The third-order valence-electron chi connectivity index (χ3n) is 9.09. The summed E-state index contributed by atoms with van der Waals surface area (Å²) in [7, 11) is 0. The van der Waals surface area contributed by atoms with Crippen LogP contribution >= 0.6 is 11.6 Å². The first-order chi connectivity index (χ1) is 22.3. The van der Waals surface area contributed by atoms with Gasteiger partial charge >= 0.3 is 5.97 Å². The Morgan fingerprint density at radius 2 is 1.83 bits per heavy atom. The molecule has 9 nitrogen and oxygen atoms in total. The molecule has 7 rings (SSSR count). The topological polar surface area (TPSA) is 98.4 Å². The lowest BCUT2D eigenvalue weighted by atomic mass is 9.92. The molecule has 2 aromatic heterocycles. The van der Waals surface area contributed by atoms with Crippen molar-refractivity contribution in [2.45, 2.75) is 97.1 Å². The van der Waals surface area contributed by atoms with Crippen molar-refractivity contribution in [3.8, 4) is 28.1 Å². The molecule has 1 saturated heterocycles. The standard InChI is InChI=1S/C37H45ClN4O5/c1-23-11-7-8-20-45-37(6)16-18-41(19-17-37)34-31(33(35(43)44)47-36(3,4)5)24(2)39-30-22-28(40-42(30)34)25-12-9-13-26(21-25)32-27(38)14-10-15-29(32)46-23/h9-10,12-15,21-23,33H,7-8,11,16-20H2,1-6H3,(H,43,44)/t23-,33+/m1/s1. The minimum absolute atomic E-state index is 0.0112. The molecule has 2 atom stereocenters. The smallest absolute Gasteiger partial charge is 0.337 e. The lowest BCUT2D eigenvalue weighted by Gasteiger charge is -2.41. The van der Waals surface area contributed by atoms with E-state index in [1.54, 1.807) is 4.52 Å². The van der Waals surface area contributed by atoms with Gasteiger partial charge in [0.25, 0.3) is 0 Å². The van der Waals surface area contributed by atoms with Crippen LogP contribution in [-0.2, 0) is 14.3 Å². The molecule has 0 amide bonds. The van der Waals surface area contributed by atoms with E-state index >= 15 is 0 Å². The first-order valence-electron chi connectivity index (χ1n) is 16.6. The van der Waals surface area contributed by atoms with Crippen LogP contribution in [-0.4, -0.2) is 62.7 Å². The normalized spacial score (nSPS) is 21.3. The Labute approximate surface area is 281 Å². The maximum Gasteiger partial charge on any atom is 0.337 e. The molecule has 3 aliphatic rings. The number of ether oxygens (including phenoxy) is 3. The summed E-state index contributed by atoms with van der Waals surface area (Å²) in [5.74, 6) is 0.367. The van der Waals surface area contributed by atoms with Crippen LogP contribution in [0.4, 0.5) is 5.82 Å². The van der Waals surface area contributed by atoms with Gasteiger partial charge < -0.3 is 24.2 Å². The molecular formula is C37H45ClN4O5. The number of halogens is 1. The number of nitrogens with zero attached hydrogens (tertiary/aromatic N) is 4. The number of carboxylic acid groups (broad SMARTS) is 1. The molecule has 1 fully saturated rings. The summed E-state index contributed by atoms with van der Waals surface area (Å²) in [6, 6.07) is 15.8. The zero-order valence-corrected chi connectivity index (χ0v) is 28.9. The van der Waals surface area contributed by atoms with Gasteiger partial charge in [-0.3, -0.25) is 0 Å². The van der Waals surface area contributed by atoms with Gasteiger partial charge in [0.2, 0.25) is 0 Å². The van der Waals surface area contributed by atoms with Gasteiger partial charge in [-0.1, -0.05) is 35.9 Å². The Balaban J connectivity index is 1.54. The zero-order chi connectivity index (χ0) is 33.5. The lowest BCUT2D eigenvalue weighted by Crippen LogP contribution is -2.46. The Morgan fingerprint density at radius 3 is 2.55 bits per heavy atom. The second-order valence-electron chi connectivity index (χ2n) is 14.1. The molecule has 10 heteroatoms. The predicted molar refractivity (Wildman–Crippen MR) is 185 cm³/mol. The molecule has 5 heterocycles. The number of aryl methyl sites for hydroxylation is 1. The number of aliphatic carboxylic acids is 1. The summed E-state index contributed by atoms with van der Waals surface area (Å²) in [6.45, 7) is 13.7. The number of carboxylic acids is 1. The van der Waals surface area contributed by atoms with E-state index in [9.17, 15) is 9.90 Å². The van der Waals surface area contributed by atoms with Gasteiger partial charge in [0, 0.05) is 42.6 Å². The fourth-order valence-electron chi connectivity index (χ4n) is 6.63. The number of hydrogen-bond acceptors (Lipinski definition) is 7. The quantitative estimate of drug-likeness (QED) is 0.234. The number of aromatic nitrogens is 3. The lowest BCUT2D eigenvalue weighted by molar-refractivity contribution is -0.160. The summed E-state index contributed by atoms with van der Waals surface area (Å²) < 4.78 is 21.0. The van der Waals surface area contributed by atoms with Crippen LogP contribution in [0, 0.1) is 6.92 Å². The molecule has 1 N–H and O–H groups in total. The maximum atomic E-state index is 12.8. The zero-order valence-electron chi connectivity index (χ0n) is 28.2. The van der Waals surface area contributed by atoms with Gasteiger partial charge in [-0.2, -0.15) is 9.61 Å². The van der Waals surface area contributed by atoms with Crippen molar-refractivity contribution < 1.29 is 24.1 Å². The summed E-state index contributed by atoms with van der Waals surface area (Å²) in [5.41, 5.74) is 4.11. The molecule has 4 aromatic rings. The van der Waals surface area contributed by atoms with Crippen molar-refractivity contribution in [3.63, 3.8) is 0 Å². The van der Waals surface area contributed by atoms with Crippen molar-refractivity contribution in [1.29, 1.82) is 0 Å². The average molecular weight is 661 g/mol. The number of anilines is 1. The van der Waals surface area contributed by atoms with Gasteiger partial charge in [0.15, 0.2) is 11.8 Å². The number of rotatable bonds is 3. The molecule has 47 heavy (non-hydrogen) atoms. The summed E-state index contributed by atoms with van der Waals surface area (Å²) in [5, 5.41) is 16.2. The van der Waals surface area contributed by atoms with Gasteiger partial charge in [0.05, 0.1) is 33.6 Å². The van der Waals surface area contributed by atoms with Crippen LogP contribution in [0.2, 0.25) is 5.02 Å². The van der Waals surface area contributed by atoms with E-state index in [1.807, 2.05) is 70.2 Å². The Morgan fingerprint density at radius 1 is 1.11 bits per heavy atom. The van der Waals surface area contributed by atoms with E-state index < -0.39 is 17.7 Å². The van der Waals surface area contributed by atoms with Crippen LogP contribution in [0.15, 0.2) is 48.5 Å². The molecule has 0 aliphatic carbocycles. The monoisotopic (exact) mass is 660 g/mol. The molecule has 6 bridgehead atoms. The van der Waals surface area contributed by atoms with Crippen LogP contribution in [0.25, 0.3) is 28.0 Å². The minimum Gasteiger partial charge on any atom is -0.490 e. The van der Waals surface area contributed by atoms with Gasteiger partial charge in [-0.25, -0.2) is 9.78 Å². The fraction of sp³-hybridized carbons (Fsp3) is 0.486. The molecule has 2 aromatic carbocycles. The Kier molecular flexibility index (Phi) is 9.26. The van der Waals surface area contributed by atoms with E-state index in [-0.39, 0.29) is 11.7 Å². The largest absolute Gasteiger partial charge is 0.490 e. The highest BCUT2D eigenvalue weighted by atomic mass is 35.5. The van der Waals surface area contributed by atoms with E-state index in [1.165, 1.54) is 0 Å². The van der Waals surface area contributed by atoms with Crippen molar-refractivity contribution in [2.75, 3.05) is 24.6 Å². The maximum absolute atomic E-state index is 12.8. The first-order valence-corrected chi connectivity index (χ1v) is 17.0. The number of carbonyl (C=O) groups is 1. The van der Waals surface area contributed by atoms with Crippen LogP contribution < -0.4 is 9.64 Å². The summed E-state index contributed by atoms with van der Waals surface area (Å²) in [4.78, 5) is 19.9. The summed E-state index contributed by atoms with van der Waals surface area (Å²) in [6.07, 6.45) is 3.19. The van der Waals surface area contributed by atoms with Crippen LogP contribution in [0.1, 0.15) is 84.1 Å². The van der Waals surface area contributed by atoms with Gasteiger partial charge in [0.1, 0.15) is 11.6 Å². The number of benzene rings is 2. The van der Waals surface area contributed by atoms with E-state index in [2.05, 4.69) is 24.8 Å². The third kappa shape index (κ3) is 7.12. The van der Waals surface area contributed by atoms with Crippen LogP contribution in [0.3, 0.4) is 0 Å². The number of piperidine rings is 1. The van der Waals surface area contributed by atoms with E-state index in [0.717, 1.165) is 54.5 Å². The summed E-state index contributed by atoms with van der Waals surface area (Å²) >= 11 is 6.81. The van der Waals surface area contributed by atoms with Crippen molar-refractivity contribution in [2.24, 2.45) is 0 Å². The SMILES string of the molecule is Cc1nc2cc3nn2c(c1[C@H](OC(C)(C)C)C(=O)O)N1CCC(C)(CC1)OCCCC[C@@H](C)Oc1cccc(Cl)c1-c1cccc-3c1. The van der Waals surface area contributed by atoms with Crippen LogP contribution in [0.5, 0.6) is 5.75 Å². The molecule has 0 spiro atoms. The van der Waals surface area contributed by atoms with E-state index in [0.29, 0.717) is 53.1 Å². The second-order valence-corrected chi connectivity index (χ2v) is 14.5. The number of hydrogen-bond donors (Lipinski definition) is 1. The second kappa shape index (κ2) is 13.1. The molecule has 3 aliphatic heterocycles. The highest BCUT2D eigenvalue weighted by molar-refractivity contribution is 6.33. The molecule has 0 saturated carbocycles. The minimum atomic E-state index is -1.23. The predicted octanol–water partition coefficient (Wildman–Crippen LogP) is 8.29. The highest BCUT2D eigenvalue weighted by Gasteiger charge is 2.38. The molecule has 250 valence electrons. The van der Waals surface area contributed by atoms with Crippen molar-refractivity contribution in [3.05, 3.63) is 64.8 Å². The molecule has 0 radical (unpaired) electrons. The Hall–Kier alpha value is -3.66. The van der Waals surface area contributed by atoms with Crippen molar-refractivity contribution in [1.82, 2.24) is 14.6 Å². The van der Waals surface area contributed by atoms with Gasteiger partial charge in [-0.05, 0) is 97.4 Å². The van der Waals surface area contributed by atoms with Crippen molar-refractivity contribution >= 4 is 29.0 Å². The third-order valence-corrected chi connectivity index (χ3v) is 9.40.